The van der Waals surface area contributed by atoms with Gasteiger partial charge in [0.05, 0.1) is 6.61 Å². The normalized spacial score (nSPS) is 19.9. The number of hydrogen-bond donors (Lipinski definition) is 3. The number of aromatic amines is 1. The summed E-state index contributed by atoms with van der Waals surface area (Å²) in [5.74, 6) is -3.65. The summed E-state index contributed by atoms with van der Waals surface area (Å²) in [5, 5.41) is 16.6. The van der Waals surface area contributed by atoms with Crippen LogP contribution in [0.15, 0.2) is 57.8 Å². The van der Waals surface area contributed by atoms with E-state index in [2.05, 4.69) is 20.0 Å². The average molecular weight is 488 g/mol. The van der Waals surface area contributed by atoms with Crippen molar-refractivity contribution in [3.63, 3.8) is 0 Å². The number of morpholine rings is 1. The van der Waals surface area contributed by atoms with Crippen LogP contribution >= 0.6 is 0 Å². The number of rotatable bonds is 6. The molecule has 1 aliphatic heterocycles. The van der Waals surface area contributed by atoms with Crippen molar-refractivity contribution in [3.05, 3.63) is 64.6 Å². The number of aliphatic hydroxyl groups is 1. The molecule has 3 aromatic rings. The van der Waals surface area contributed by atoms with Gasteiger partial charge in [-0.05, 0) is 42.5 Å². The maximum Gasteiger partial charge on any atom is 0.439 e. The number of carbonyl (C=O) groups is 3. The van der Waals surface area contributed by atoms with Crippen LogP contribution in [-0.2, 0) is 14.3 Å². The Kier molecular flexibility index (Phi) is 4.87. The Morgan fingerprint density at radius 2 is 2.03 bits per heavy atom. The van der Waals surface area contributed by atoms with Gasteiger partial charge in [0.2, 0.25) is 0 Å². The van der Waals surface area contributed by atoms with E-state index in [9.17, 15) is 24.3 Å². The van der Waals surface area contributed by atoms with Crippen molar-refractivity contribution in [1.82, 2.24) is 15.0 Å². The predicted octanol–water partition coefficient (Wildman–Crippen LogP) is 0.463. The summed E-state index contributed by atoms with van der Waals surface area (Å²) in [4.78, 5) is 53.2. The topological polar surface area (TPSA) is 158 Å². The second-order valence-electron chi connectivity index (χ2n) is 7.43. The molecule has 0 radical (unpaired) electrons. The quantitative estimate of drug-likeness (QED) is 0.452. The van der Waals surface area contributed by atoms with Gasteiger partial charge in [0.25, 0.3) is 17.7 Å². The van der Waals surface area contributed by atoms with E-state index in [-0.39, 0.29) is 40.8 Å². The molecule has 1 aliphatic rings. The van der Waals surface area contributed by atoms with Gasteiger partial charge in [0, 0.05) is 51.2 Å². The molecule has 4 rings (SSSR count). The first-order valence-corrected chi connectivity index (χ1v) is 10.2. The summed E-state index contributed by atoms with van der Waals surface area (Å²) < 4.78 is 54.6. The molecule has 12 heteroatoms. The van der Waals surface area contributed by atoms with Crippen molar-refractivity contribution in [1.29, 1.82) is 0 Å². The molecule has 3 N–H and O–H groups in total. The molecule has 1 fully saturated rings. The first-order valence-electron chi connectivity index (χ1n) is 13.2. The van der Waals surface area contributed by atoms with E-state index >= 15 is 0 Å². The molecule has 0 unspecified atom stereocenters. The lowest BCUT2D eigenvalue weighted by molar-refractivity contribution is -0.150. The molecule has 12 nitrogen and oxygen atoms in total. The highest BCUT2D eigenvalue weighted by Crippen LogP contribution is 2.23. The van der Waals surface area contributed by atoms with E-state index in [1.54, 1.807) is 0 Å². The number of nitrogens with one attached hydrogen (secondary N) is 2. The lowest BCUT2D eigenvalue weighted by Gasteiger charge is -2.34. The third kappa shape index (κ3) is 5.13. The summed E-state index contributed by atoms with van der Waals surface area (Å²) >= 11 is 0. The fourth-order valence-electron chi connectivity index (χ4n) is 3.44. The van der Waals surface area contributed by atoms with Gasteiger partial charge in [-0.2, -0.15) is 0 Å². The predicted molar refractivity (Wildman–Crippen MR) is 124 cm³/mol. The zero-order valence-electron chi connectivity index (χ0n) is 23.9. The Morgan fingerprint density at radius 3 is 2.71 bits per heavy atom. The Morgan fingerprint density at radius 1 is 1.26 bits per heavy atom. The minimum Gasteiger partial charge on any atom is -0.380 e. The van der Waals surface area contributed by atoms with Crippen LogP contribution in [0, 0.1) is 0 Å². The molecule has 0 spiro atoms. The van der Waals surface area contributed by atoms with Gasteiger partial charge >= 0.3 is 5.76 Å². The third-order valence-electron chi connectivity index (χ3n) is 5.15. The average Bonchev–Trinajstić information content (AvgIpc) is 3.33. The first kappa shape index (κ1) is 17.2. The minimum absolute atomic E-state index is 0.0326. The SMILES string of the molecule is [2H]C([2H])([2H])N(C(=O)c1cccc(N2CCO[C@H]([C@@H](O)C(=O)Nc3ccc(-c4noc(=O)[nH]4)cc3)C2=O)c1)C([2H])([2H])[2H]. The number of nitrogens with zero attached hydrogens (tertiary/aromatic N) is 3. The highest BCUT2D eigenvalue weighted by Gasteiger charge is 2.39. The number of carbonyl (C=O) groups excluding carboxylic acids is 3. The van der Waals surface area contributed by atoms with E-state index in [0.717, 1.165) is 11.0 Å². The van der Waals surface area contributed by atoms with Crippen molar-refractivity contribution in [2.75, 3.05) is 37.3 Å². The lowest BCUT2D eigenvalue weighted by atomic mass is 10.1. The number of benzene rings is 2. The van der Waals surface area contributed by atoms with Gasteiger partial charge < -0.3 is 25.0 Å². The fourth-order valence-corrected chi connectivity index (χ4v) is 3.44. The number of hydrogen-bond acceptors (Lipinski definition) is 8. The zero-order valence-corrected chi connectivity index (χ0v) is 17.9. The minimum atomic E-state index is -3.26. The molecule has 0 aliphatic carbocycles. The van der Waals surface area contributed by atoms with Gasteiger partial charge in [-0.3, -0.25) is 23.9 Å². The van der Waals surface area contributed by atoms with Gasteiger partial charge in [0.1, 0.15) is 0 Å². The number of aliphatic hydroxyl groups excluding tert-OH is 1. The number of anilines is 2. The monoisotopic (exact) mass is 487 g/mol. The highest BCUT2D eigenvalue weighted by molar-refractivity contribution is 6.04. The standard InChI is InChI=1S/C23H23N5O7/c1-27(2)21(31)14-4-3-5-16(12-14)28-10-11-34-18(22(28)32)17(29)20(30)24-15-8-6-13(7-9-15)19-25-23(33)35-26-19/h3-9,12,17-18,29H,10-11H2,1-2H3,(H,24,30)(H,25,26,33)/t17-,18-/m1/s1/i1D3,2D3. The Labute approximate surface area is 207 Å². The number of ether oxygens (including phenoxy) is 1. The van der Waals surface area contributed by atoms with E-state index < -0.39 is 49.6 Å². The molecule has 1 aromatic heterocycles. The van der Waals surface area contributed by atoms with E-state index in [1.807, 2.05) is 0 Å². The van der Waals surface area contributed by atoms with Crippen LogP contribution in [0.4, 0.5) is 11.4 Å². The Bertz CT molecular complexity index is 1490. The van der Waals surface area contributed by atoms with Crippen LogP contribution in [0.25, 0.3) is 11.4 Å². The third-order valence-corrected chi connectivity index (χ3v) is 5.15. The molecule has 0 bridgehead atoms. The lowest BCUT2D eigenvalue weighted by Crippen LogP contribution is -2.55. The zero-order chi connectivity index (χ0) is 30.1. The molecule has 1 saturated heterocycles. The van der Waals surface area contributed by atoms with Gasteiger partial charge in [-0.15, -0.1) is 0 Å². The maximum absolute atomic E-state index is 13.2. The Balaban J connectivity index is 1.48. The molecule has 35 heavy (non-hydrogen) atoms. The molecular formula is C23H23N5O7. The van der Waals surface area contributed by atoms with Crippen LogP contribution < -0.4 is 16.0 Å². The van der Waals surface area contributed by atoms with Crippen LogP contribution in [0.3, 0.4) is 0 Å². The second kappa shape index (κ2) is 9.91. The summed E-state index contributed by atoms with van der Waals surface area (Å²) in [6.45, 7) is -6.65. The van der Waals surface area contributed by atoms with Gasteiger partial charge in [-0.25, -0.2) is 4.79 Å². The van der Waals surface area contributed by atoms with Crippen LogP contribution in [0.5, 0.6) is 0 Å². The highest BCUT2D eigenvalue weighted by atomic mass is 16.5. The summed E-state index contributed by atoms with van der Waals surface area (Å²) in [7, 11) is 0. The molecule has 0 saturated carbocycles. The fraction of sp³-hybridized carbons (Fsp3) is 0.261. The molecule has 2 heterocycles. The van der Waals surface area contributed by atoms with Crippen molar-refractivity contribution < 1.29 is 37.0 Å². The number of H-pyrrole nitrogens is 1. The van der Waals surface area contributed by atoms with Gasteiger partial charge in [-0.1, -0.05) is 11.2 Å². The van der Waals surface area contributed by atoms with Crippen LogP contribution in [0.2, 0.25) is 0 Å². The van der Waals surface area contributed by atoms with E-state index in [4.69, 9.17) is 13.0 Å². The molecule has 3 amide bonds. The van der Waals surface area contributed by atoms with Crippen LogP contribution in [0.1, 0.15) is 18.6 Å². The molecule has 182 valence electrons. The summed E-state index contributed by atoms with van der Waals surface area (Å²) in [6.07, 6.45) is -3.56. The smallest absolute Gasteiger partial charge is 0.380 e. The summed E-state index contributed by atoms with van der Waals surface area (Å²) in [6, 6.07) is 11.1. The molecular weight excluding hydrogens is 458 g/mol. The van der Waals surface area contributed by atoms with E-state index in [0.29, 0.717) is 5.56 Å². The van der Waals surface area contributed by atoms with Crippen molar-refractivity contribution in [2.45, 2.75) is 12.2 Å². The summed E-state index contributed by atoms with van der Waals surface area (Å²) in [5.41, 5.74) is 0.529. The van der Waals surface area contributed by atoms with E-state index in [1.165, 1.54) is 42.5 Å². The van der Waals surface area contributed by atoms with Crippen molar-refractivity contribution in [3.8, 4) is 11.4 Å². The molecule has 2 aromatic carbocycles. The second-order valence-corrected chi connectivity index (χ2v) is 7.43. The van der Waals surface area contributed by atoms with Gasteiger partial charge in [0.15, 0.2) is 18.0 Å². The van der Waals surface area contributed by atoms with Crippen molar-refractivity contribution in [2.24, 2.45) is 0 Å². The number of amides is 3. The number of aromatic nitrogens is 2. The molecule has 2 atom stereocenters. The largest absolute Gasteiger partial charge is 0.439 e. The van der Waals surface area contributed by atoms with Crippen molar-refractivity contribution >= 4 is 29.1 Å². The first-order chi connectivity index (χ1) is 19.2. The Hall–Kier alpha value is -4.29. The maximum atomic E-state index is 13.2. The van der Waals surface area contributed by atoms with Crippen LogP contribution in [-0.4, -0.2) is 77.2 Å².